The van der Waals surface area contributed by atoms with Gasteiger partial charge in [-0.15, -0.1) is 0 Å². The van der Waals surface area contributed by atoms with Gasteiger partial charge in [0.2, 0.25) is 0 Å². The van der Waals surface area contributed by atoms with Gasteiger partial charge in [-0.25, -0.2) is 0 Å². The number of carbonyl (C=O) groups is 1. The lowest BCUT2D eigenvalue weighted by atomic mass is 9.99. The van der Waals surface area contributed by atoms with Crippen LogP contribution in [0.2, 0.25) is 0 Å². The Morgan fingerprint density at radius 1 is 1.29 bits per heavy atom. The number of aliphatic carboxylic acids is 1. The maximum atomic E-state index is 10.3. The van der Waals surface area contributed by atoms with E-state index in [4.69, 9.17) is 5.11 Å². The van der Waals surface area contributed by atoms with Gasteiger partial charge in [-0.05, 0) is 31.6 Å². The summed E-state index contributed by atoms with van der Waals surface area (Å²) in [7, 11) is 0. The van der Waals surface area contributed by atoms with Gasteiger partial charge in [0.25, 0.3) is 0 Å². The molecule has 0 bridgehead atoms. The van der Waals surface area contributed by atoms with E-state index in [1.165, 1.54) is 6.42 Å². The monoisotopic (exact) mass is 234 g/mol. The van der Waals surface area contributed by atoms with Crippen molar-refractivity contribution in [2.24, 2.45) is 5.92 Å². The fourth-order valence-corrected chi connectivity index (χ4v) is 2.88. The van der Waals surface area contributed by atoms with Crippen molar-refractivity contribution in [2.45, 2.75) is 49.0 Å². The Labute approximate surface area is 96.3 Å². The van der Waals surface area contributed by atoms with E-state index >= 15 is 0 Å². The normalized spacial score (nSPS) is 32.0. The highest BCUT2D eigenvalue weighted by atomic mass is 32.1. The molecule has 0 aromatic heterocycles. The lowest BCUT2D eigenvalue weighted by Gasteiger charge is -2.16. The van der Waals surface area contributed by atoms with Crippen LogP contribution >= 0.6 is 25.3 Å². The van der Waals surface area contributed by atoms with E-state index in [-0.39, 0.29) is 0 Å². The highest BCUT2D eigenvalue weighted by Crippen LogP contribution is 2.36. The Balaban J connectivity index is 2.10. The predicted octanol–water partition coefficient (Wildman–Crippen LogP) is 2.64. The molecule has 0 amide bonds. The highest BCUT2D eigenvalue weighted by Gasteiger charge is 2.30. The van der Waals surface area contributed by atoms with Gasteiger partial charge >= 0.3 is 5.97 Å². The van der Waals surface area contributed by atoms with E-state index in [1.54, 1.807) is 0 Å². The van der Waals surface area contributed by atoms with Crippen molar-refractivity contribution >= 4 is 31.2 Å². The van der Waals surface area contributed by atoms with Crippen molar-refractivity contribution in [3.63, 3.8) is 0 Å². The molecule has 1 rings (SSSR count). The summed E-state index contributed by atoms with van der Waals surface area (Å²) < 4.78 is 0. The van der Waals surface area contributed by atoms with Crippen LogP contribution in [0.25, 0.3) is 0 Å². The SMILES string of the molecule is O=C(O)CCCCC1CCC(S)C1S. The number of hydrogen-bond acceptors (Lipinski definition) is 3. The van der Waals surface area contributed by atoms with Crippen LogP contribution in [-0.4, -0.2) is 21.6 Å². The van der Waals surface area contributed by atoms with Crippen LogP contribution in [0.3, 0.4) is 0 Å². The summed E-state index contributed by atoms with van der Waals surface area (Å²) in [6, 6.07) is 0. The Bertz CT molecular complexity index is 197. The fraction of sp³-hybridized carbons (Fsp3) is 0.900. The first-order valence-electron chi connectivity index (χ1n) is 5.19. The summed E-state index contributed by atoms with van der Waals surface area (Å²) in [4.78, 5) is 10.3. The Kier molecular flexibility index (Phi) is 5.17. The van der Waals surface area contributed by atoms with Gasteiger partial charge in [-0.3, -0.25) is 4.79 Å². The molecule has 3 atom stereocenters. The smallest absolute Gasteiger partial charge is 0.303 e. The Morgan fingerprint density at radius 2 is 2.00 bits per heavy atom. The lowest BCUT2D eigenvalue weighted by Crippen LogP contribution is -2.14. The van der Waals surface area contributed by atoms with Crippen LogP contribution in [0, 0.1) is 5.92 Å². The average molecular weight is 234 g/mol. The molecule has 4 heteroatoms. The van der Waals surface area contributed by atoms with E-state index < -0.39 is 5.97 Å². The predicted molar refractivity (Wildman–Crippen MR) is 64.4 cm³/mol. The number of thiol groups is 2. The minimum Gasteiger partial charge on any atom is -0.481 e. The van der Waals surface area contributed by atoms with E-state index in [2.05, 4.69) is 25.3 Å². The molecule has 0 spiro atoms. The van der Waals surface area contributed by atoms with Gasteiger partial charge in [-0.2, -0.15) is 25.3 Å². The zero-order valence-corrected chi connectivity index (χ0v) is 10.0. The largest absolute Gasteiger partial charge is 0.481 e. The van der Waals surface area contributed by atoms with E-state index in [0.717, 1.165) is 25.7 Å². The highest BCUT2D eigenvalue weighted by molar-refractivity contribution is 7.85. The molecule has 0 heterocycles. The Morgan fingerprint density at radius 3 is 2.50 bits per heavy atom. The Hall–Kier alpha value is 0.170. The first kappa shape index (κ1) is 12.2. The minimum atomic E-state index is -0.689. The minimum absolute atomic E-state index is 0.300. The molecule has 2 nitrogen and oxygen atoms in total. The quantitative estimate of drug-likeness (QED) is 0.505. The second-order valence-electron chi connectivity index (χ2n) is 4.03. The van der Waals surface area contributed by atoms with Crippen molar-refractivity contribution < 1.29 is 9.90 Å². The van der Waals surface area contributed by atoms with Crippen LogP contribution in [-0.2, 0) is 4.79 Å². The van der Waals surface area contributed by atoms with Gasteiger partial charge in [-0.1, -0.05) is 6.42 Å². The number of rotatable bonds is 5. The summed E-state index contributed by atoms with van der Waals surface area (Å²) in [6.45, 7) is 0. The molecule has 0 aliphatic heterocycles. The van der Waals surface area contributed by atoms with Crippen molar-refractivity contribution in [3.05, 3.63) is 0 Å². The number of unbranched alkanes of at least 4 members (excludes halogenated alkanes) is 1. The molecule has 0 aromatic carbocycles. The number of carboxylic acids is 1. The summed E-state index contributed by atoms with van der Waals surface area (Å²) >= 11 is 8.99. The average Bonchev–Trinajstić information content (AvgIpc) is 2.43. The van der Waals surface area contributed by atoms with E-state index in [9.17, 15) is 4.79 Å². The summed E-state index contributed by atoms with van der Waals surface area (Å²) in [5.41, 5.74) is 0. The molecule has 1 saturated carbocycles. The lowest BCUT2D eigenvalue weighted by molar-refractivity contribution is -0.137. The van der Waals surface area contributed by atoms with E-state index in [1.807, 2.05) is 0 Å². The summed E-state index contributed by atoms with van der Waals surface area (Å²) in [6.07, 6.45) is 5.57. The third-order valence-corrected chi connectivity index (χ3v) is 4.52. The summed E-state index contributed by atoms with van der Waals surface area (Å²) in [5.74, 6) is -0.0412. The molecule has 0 saturated heterocycles. The number of carboxylic acid groups (broad SMARTS) is 1. The van der Waals surface area contributed by atoms with Crippen molar-refractivity contribution in [2.75, 3.05) is 0 Å². The van der Waals surface area contributed by atoms with Crippen molar-refractivity contribution in [1.29, 1.82) is 0 Å². The molecule has 14 heavy (non-hydrogen) atoms. The number of hydrogen-bond donors (Lipinski definition) is 3. The maximum absolute atomic E-state index is 10.3. The first-order valence-corrected chi connectivity index (χ1v) is 6.22. The van der Waals surface area contributed by atoms with Crippen molar-refractivity contribution in [3.8, 4) is 0 Å². The molecule has 1 fully saturated rings. The molecule has 1 aliphatic carbocycles. The molecule has 0 radical (unpaired) electrons. The van der Waals surface area contributed by atoms with Gasteiger partial charge in [0.1, 0.15) is 0 Å². The van der Waals surface area contributed by atoms with Crippen LogP contribution < -0.4 is 0 Å². The van der Waals surface area contributed by atoms with Gasteiger partial charge < -0.3 is 5.11 Å². The first-order chi connectivity index (χ1) is 6.61. The zero-order chi connectivity index (χ0) is 10.6. The standard InChI is InChI=1S/C10H18O2S2/c11-9(12)4-2-1-3-7-5-6-8(13)10(7)14/h7-8,10,13-14H,1-6H2,(H,11,12). The topological polar surface area (TPSA) is 37.3 Å². The molecule has 1 aliphatic rings. The van der Waals surface area contributed by atoms with Crippen LogP contribution in [0.4, 0.5) is 0 Å². The molecule has 0 aromatic rings. The van der Waals surface area contributed by atoms with E-state index in [0.29, 0.717) is 22.8 Å². The van der Waals surface area contributed by atoms with Gasteiger partial charge in [0.05, 0.1) is 0 Å². The second-order valence-corrected chi connectivity index (χ2v) is 5.29. The van der Waals surface area contributed by atoms with Gasteiger partial charge in [0, 0.05) is 16.9 Å². The second kappa shape index (κ2) is 5.91. The molecule has 82 valence electrons. The molecular weight excluding hydrogens is 216 g/mol. The third kappa shape index (κ3) is 3.73. The molecule has 3 unspecified atom stereocenters. The van der Waals surface area contributed by atoms with Crippen LogP contribution in [0.15, 0.2) is 0 Å². The maximum Gasteiger partial charge on any atom is 0.303 e. The summed E-state index contributed by atoms with van der Waals surface area (Å²) in [5, 5.41) is 9.31. The van der Waals surface area contributed by atoms with Crippen molar-refractivity contribution in [1.82, 2.24) is 0 Å². The van der Waals surface area contributed by atoms with Gasteiger partial charge in [0.15, 0.2) is 0 Å². The van der Waals surface area contributed by atoms with Crippen LogP contribution in [0.5, 0.6) is 0 Å². The fourth-order valence-electron chi connectivity index (χ4n) is 2.04. The zero-order valence-electron chi connectivity index (χ0n) is 8.22. The van der Waals surface area contributed by atoms with Crippen LogP contribution in [0.1, 0.15) is 38.5 Å². The third-order valence-electron chi connectivity index (χ3n) is 2.93. The molecule has 1 N–H and O–H groups in total. The molecular formula is C10H18O2S2.